The van der Waals surface area contributed by atoms with Gasteiger partial charge in [-0.15, -0.1) is 0 Å². The summed E-state index contributed by atoms with van der Waals surface area (Å²) in [6.07, 6.45) is 8.43. The summed E-state index contributed by atoms with van der Waals surface area (Å²) in [6.45, 7) is 39.5. The molecule has 0 saturated carbocycles. The van der Waals surface area contributed by atoms with Gasteiger partial charge in [-0.3, -0.25) is 57.4 Å². The number of rotatable bonds is 15. The Morgan fingerprint density at radius 1 is 0.383 bits per heavy atom. The van der Waals surface area contributed by atoms with Crippen LogP contribution in [0.25, 0.3) is 83.9 Å². The van der Waals surface area contributed by atoms with Gasteiger partial charge in [0.05, 0.1) is 115 Å². The molecule has 12 aromatic rings. The van der Waals surface area contributed by atoms with Gasteiger partial charge in [-0.1, -0.05) is 154 Å². The summed E-state index contributed by atoms with van der Waals surface area (Å²) >= 11 is 49.9. The third-order valence-corrected chi connectivity index (χ3v) is 27.6. The molecule has 12 heterocycles. The first-order chi connectivity index (χ1) is 66.5. The Morgan fingerprint density at radius 3 is 0.872 bits per heavy atom. The lowest BCUT2D eigenvalue weighted by Crippen LogP contribution is -2.58. The number of piperazine rings is 3. The Balaban J connectivity index is 0.000000178. The fraction of sp³-hybridized carbons (Fsp3) is 0.303. The average molecular weight is 2090 g/mol. The standard InChI is InChI=1S/2C33H29Cl3F2N6O3.C33H29Cl2F3N6O3/c2*1-7-21(45)43-16(5)12-42(13-17(43)6)30-18-10-20(34)28(22-25(37)23(35)24(36)31(46)26(22)38)41-32(18)44(33(47)19(30)11-39)29-15(4)8-9-40-27(29)14(2)3;1-7-21(45)43-16(5)12-42(13-17(43)6)30-18-10-20(34)28(22-23(35)31(46)26(38)25(37)24(22)36)41-32(18)44(33(47)19(30)11-39)29-15(4)8-9-40-27(29)14(2)3/h3*7-10,14,16-17,46H,1,12-13H2,2-6H3/t3*16-,17+. The quantitative estimate of drug-likeness (QED) is 0.0371. The van der Waals surface area contributed by atoms with Crippen molar-refractivity contribution >= 4 is 161 Å². The largest absolute Gasteiger partial charge is 0.504 e. The predicted molar refractivity (Wildman–Crippen MR) is 532 cm³/mol. The minimum atomic E-state index is -2.00. The second-order valence-corrected chi connectivity index (χ2v) is 38.3. The molecule has 0 bridgehead atoms. The van der Waals surface area contributed by atoms with Gasteiger partial charge in [0.1, 0.15) is 61.9 Å². The SMILES string of the molecule is C=CC(=O)N1[C@H](C)CN(c2c(C#N)c(=O)n(-c3c(C)ccnc3C(C)C)c3nc(-c4c(F)c(F)c(F)c(O)c4Cl)c(Cl)cc23)C[C@@H]1C.C=CC(=O)N1[C@H](C)CN(c2c(C#N)c(=O)n(-c3c(C)ccnc3C(C)C)c3nc(-c4c(F)c(O)c(Cl)c(Cl)c4F)c(Cl)cc23)C[C@@H]1C.C=CC(=O)N1[C@H](C)CN(c2c(C#N)c(=O)n(-c3c(C)ccnc3C(C)C)c3nc(-c4c(F)c(O)c(Cl)c(Cl)c4F)c(Cl)cc23)C[C@@H]1C. The van der Waals surface area contributed by atoms with Crippen LogP contribution in [-0.2, 0) is 14.4 Å². The highest BCUT2D eigenvalue weighted by atomic mass is 35.5. The number of aryl methyl sites for hydroxylation is 3. The van der Waals surface area contributed by atoms with Crippen molar-refractivity contribution < 1.29 is 60.4 Å². The van der Waals surface area contributed by atoms with E-state index in [9.17, 15) is 68.7 Å². The molecular formula is C99H87Cl8F7N18O9. The molecule has 3 fully saturated rings. The number of phenolic OH excluding ortho intramolecular Hbond substituents is 3. The number of aromatic nitrogens is 9. The number of hydrogen-bond acceptors (Lipinski definition) is 21. The summed E-state index contributed by atoms with van der Waals surface area (Å²) in [5, 5.41) is 58.2. The third kappa shape index (κ3) is 18.3. The maximum atomic E-state index is 15.6. The second-order valence-electron chi connectivity index (χ2n) is 35.1. The Hall–Kier alpha value is -13.1. The van der Waals surface area contributed by atoms with Crippen LogP contribution >= 0.6 is 92.8 Å². The molecular weight excluding hydrogens is 2000 g/mol. The first-order valence-corrected chi connectivity index (χ1v) is 46.7. The average Bonchev–Trinajstić information content (AvgIpc) is 0.725. The first kappa shape index (κ1) is 105. The van der Waals surface area contributed by atoms with Crippen molar-refractivity contribution in [1.29, 1.82) is 15.8 Å². The van der Waals surface area contributed by atoms with Crippen molar-refractivity contribution in [2.75, 3.05) is 54.0 Å². The smallest absolute Gasteiger partial charge is 0.276 e. The molecule has 0 radical (unpaired) electrons. The molecule has 3 N–H and O–H groups in total. The van der Waals surface area contributed by atoms with E-state index in [1.165, 1.54) is 50.1 Å². The molecule has 0 aliphatic carbocycles. The van der Waals surface area contributed by atoms with Crippen LogP contribution in [0.5, 0.6) is 17.2 Å². The lowest BCUT2D eigenvalue weighted by molar-refractivity contribution is -0.131. The van der Waals surface area contributed by atoms with Gasteiger partial charge in [-0.25, -0.2) is 41.3 Å². The monoisotopic (exact) mass is 2080 g/mol. The maximum absolute atomic E-state index is 15.6. The van der Waals surface area contributed by atoms with Crippen LogP contribution in [0.2, 0.25) is 40.2 Å². The number of halogens is 15. The van der Waals surface area contributed by atoms with Crippen molar-refractivity contribution in [1.82, 2.24) is 58.3 Å². The number of anilines is 3. The second kappa shape index (κ2) is 41.2. The number of hydrogen-bond donors (Lipinski definition) is 3. The van der Waals surface area contributed by atoms with Crippen molar-refractivity contribution in [2.45, 2.75) is 158 Å². The number of pyridine rings is 9. The van der Waals surface area contributed by atoms with E-state index in [4.69, 9.17) is 92.8 Å². The molecule has 0 unspecified atom stereocenters. The van der Waals surface area contributed by atoms with Gasteiger partial charge in [0.25, 0.3) is 16.7 Å². The molecule has 0 spiro atoms. The normalized spacial score (nSPS) is 16.6. The van der Waals surface area contributed by atoms with E-state index in [0.717, 1.165) is 0 Å². The molecule has 3 amide bonds. The van der Waals surface area contributed by atoms with Gasteiger partial charge < -0.3 is 44.7 Å². The highest BCUT2D eigenvalue weighted by Gasteiger charge is 2.43. The number of carbonyl (C=O) groups excluding carboxylic acids is 3. The number of phenols is 3. The van der Waals surface area contributed by atoms with E-state index in [1.807, 2.05) is 89.2 Å². The lowest BCUT2D eigenvalue weighted by Gasteiger charge is -2.45. The summed E-state index contributed by atoms with van der Waals surface area (Å²) < 4.78 is 110. The van der Waals surface area contributed by atoms with Gasteiger partial charge >= 0.3 is 0 Å². The summed E-state index contributed by atoms with van der Waals surface area (Å²) in [5.41, 5.74) is -2.41. The molecule has 3 aliphatic rings. The third-order valence-electron chi connectivity index (χ3n) is 24.8. The topological polar surface area (TPSA) is 346 Å². The number of benzene rings is 3. The van der Waals surface area contributed by atoms with Gasteiger partial charge in [0.15, 0.2) is 52.2 Å². The van der Waals surface area contributed by atoms with E-state index in [-0.39, 0.29) is 193 Å². The number of carbonyl (C=O) groups is 3. The van der Waals surface area contributed by atoms with Gasteiger partial charge in [0, 0.05) is 110 Å². The minimum Gasteiger partial charge on any atom is -0.504 e. The van der Waals surface area contributed by atoms with E-state index in [0.29, 0.717) is 50.8 Å². The lowest BCUT2D eigenvalue weighted by atomic mass is 10.0. The van der Waals surface area contributed by atoms with Crippen LogP contribution in [0.4, 0.5) is 47.8 Å². The molecule has 3 aliphatic heterocycles. The number of nitriles is 3. The Bertz CT molecular complexity index is 6870. The molecule has 3 saturated heterocycles. The molecule has 9 aromatic heterocycles. The highest BCUT2D eigenvalue weighted by Crippen LogP contribution is 2.51. The predicted octanol–water partition coefficient (Wildman–Crippen LogP) is 21.4. The zero-order chi connectivity index (χ0) is 104. The van der Waals surface area contributed by atoms with E-state index >= 15 is 22.0 Å². The van der Waals surface area contributed by atoms with Crippen molar-refractivity contribution in [3.8, 4) is 86.3 Å². The van der Waals surface area contributed by atoms with Gasteiger partial charge in [0.2, 0.25) is 23.5 Å². The summed E-state index contributed by atoms with van der Waals surface area (Å²) in [4.78, 5) is 119. The number of fused-ring (bicyclic) bond motifs is 3. The number of nitrogens with zero attached hydrogens (tertiary/aromatic N) is 18. The Morgan fingerprint density at radius 2 is 0.631 bits per heavy atom. The van der Waals surface area contributed by atoms with Crippen LogP contribution in [0.1, 0.15) is 151 Å². The summed E-state index contributed by atoms with van der Waals surface area (Å²) in [6, 6.07) is 13.1. The molecule has 141 heavy (non-hydrogen) atoms. The molecule has 42 heteroatoms. The molecule has 3 aromatic carbocycles. The van der Waals surface area contributed by atoms with Gasteiger partial charge in [-0.2, -0.15) is 20.2 Å². The Labute approximate surface area is 842 Å². The van der Waals surface area contributed by atoms with E-state index in [2.05, 4.69) is 61.8 Å². The molecule has 732 valence electrons. The van der Waals surface area contributed by atoms with Crippen LogP contribution in [0.3, 0.4) is 0 Å². The number of amides is 3. The van der Waals surface area contributed by atoms with E-state index < -0.39 is 134 Å². The van der Waals surface area contributed by atoms with Crippen LogP contribution < -0.4 is 31.4 Å². The maximum Gasteiger partial charge on any atom is 0.276 e. The fourth-order valence-corrected chi connectivity index (χ4v) is 20.4. The summed E-state index contributed by atoms with van der Waals surface area (Å²) in [5.74, 6) is -16.2. The zero-order valence-corrected chi connectivity index (χ0v) is 84.0. The first-order valence-electron chi connectivity index (χ1n) is 43.7. The fourth-order valence-electron chi connectivity index (χ4n) is 18.7. The van der Waals surface area contributed by atoms with Crippen LogP contribution in [0.15, 0.2) is 107 Å². The van der Waals surface area contributed by atoms with Crippen LogP contribution in [0, 0.1) is 95.5 Å². The van der Waals surface area contributed by atoms with Crippen molar-refractivity contribution in [2.24, 2.45) is 0 Å². The molecule has 15 rings (SSSR count). The van der Waals surface area contributed by atoms with Crippen LogP contribution in [-0.4, -0.2) is 167 Å². The molecule has 6 atom stereocenters. The zero-order valence-electron chi connectivity index (χ0n) is 78.0. The van der Waals surface area contributed by atoms with Gasteiger partial charge in [-0.05, 0) is 151 Å². The van der Waals surface area contributed by atoms with Crippen molar-refractivity contribution in [3.05, 3.63) is 255 Å². The molecule has 27 nitrogen and oxygen atoms in total. The minimum absolute atomic E-state index is 0.0873. The summed E-state index contributed by atoms with van der Waals surface area (Å²) in [7, 11) is 0. The van der Waals surface area contributed by atoms with E-state index in [1.54, 1.807) is 87.0 Å². The Kier molecular flexibility index (Phi) is 30.8. The number of aromatic hydroxyl groups is 3. The highest BCUT2D eigenvalue weighted by molar-refractivity contribution is 6.44. The van der Waals surface area contributed by atoms with Crippen molar-refractivity contribution in [3.63, 3.8) is 0 Å².